The molecule has 2 N–H and O–H groups in total. The number of nitrogen functional groups attached to an aromatic ring is 1. The van der Waals surface area contributed by atoms with Crippen molar-refractivity contribution < 1.29 is 4.79 Å². The van der Waals surface area contributed by atoms with Gasteiger partial charge in [0.05, 0.1) is 0 Å². The third-order valence-corrected chi connectivity index (χ3v) is 4.06. The summed E-state index contributed by atoms with van der Waals surface area (Å²) in [6, 6.07) is 7.24. The molecule has 2 rings (SSSR count). The summed E-state index contributed by atoms with van der Waals surface area (Å²) >= 11 is 0. The van der Waals surface area contributed by atoms with Crippen LogP contribution in [0.1, 0.15) is 55.3 Å². The predicted molar refractivity (Wildman–Crippen MR) is 83.9 cm³/mol. The number of rotatable bonds is 7. The van der Waals surface area contributed by atoms with Gasteiger partial charge in [-0.25, -0.2) is 0 Å². The second-order valence-electron chi connectivity index (χ2n) is 5.76. The number of benzene rings is 1. The van der Waals surface area contributed by atoms with Gasteiger partial charge in [0, 0.05) is 17.7 Å². The van der Waals surface area contributed by atoms with E-state index in [-0.39, 0.29) is 5.78 Å². The predicted octanol–water partition coefficient (Wildman–Crippen LogP) is 3.50. The zero-order valence-electron chi connectivity index (χ0n) is 12.3. The van der Waals surface area contributed by atoms with Gasteiger partial charge in [-0.15, -0.1) is 0 Å². The first-order chi connectivity index (χ1) is 9.75. The van der Waals surface area contributed by atoms with Crippen molar-refractivity contribution >= 4 is 11.5 Å². The molecule has 1 aromatic rings. The van der Waals surface area contributed by atoms with Gasteiger partial charge in [0.15, 0.2) is 5.78 Å². The van der Waals surface area contributed by atoms with Crippen LogP contribution < -0.4 is 5.73 Å². The Balaban J connectivity index is 1.58. The van der Waals surface area contributed by atoms with Crippen LogP contribution in [0.25, 0.3) is 0 Å². The lowest BCUT2D eigenvalue weighted by atomic mass is 10.0. The van der Waals surface area contributed by atoms with Crippen molar-refractivity contribution in [1.82, 2.24) is 4.90 Å². The summed E-state index contributed by atoms with van der Waals surface area (Å²) in [6.45, 7) is 3.74. The van der Waals surface area contributed by atoms with Crippen molar-refractivity contribution in [3.8, 4) is 0 Å². The minimum absolute atomic E-state index is 0.239. The Labute approximate surface area is 122 Å². The molecule has 3 heteroatoms. The van der Waals surface area contributed by atoms with Gasteiger partial charge in [-0.1, -0.05) is 12.8 Å². The monoisotopic (exact) mass is 274 g/mol. The van der Waals surface area contributed by atoms with Crippen LogP contribution in [0.3, 0.4) is 0 Å². The van der Waals surface area contributed by atoms with Crippen LogP contribution in [0.5, 0.6) is 0 Å². The van der Waals surface area contributed by atoms with Gasteiger partial charge >= 0.3 is 0 Å². The first-order valence-corrected chi connectivity index (χ1v) is 7.87. The number of piperidine rings is 1. The molecule has 1 fully saturated rings. The van der Waals surface area contributed by atoms with Crippen molar-refractivity contribution in [2.45, 2.75) is 44.9 Å². The molecule has 0 saturated carbocycles. The van der Waals surface area contributed by atoms with Crippen LogP contribution >= 0.6 is 0 Å². The van der Waals surface area contributed by atoms with Gasteiger partial charge in [-0.05, 0) is 69.6 Å². The highest BCUT2D eigenvalue weighted by atomic mass is 16.1. The quantitative estimate of drug-likeness (QED) is 0.470. The van der Waals surface area contributed by atoms with Gasteiger partial charge in [0.25, 0.3) is 0 Å². The third kappa shape index (κ3) is 4.97. The Morgan fingerprint density at radius 3 is 2.40 bits per heavy atom. The van der Waals surface area contributed by atoms with E-state index in [0.29, 0.717) is 12.1 Å². The van der Waals surface area contributed by atoms with E-state index in [9.17, 15) is 4.79 Å². The van der Waals surface area contributed by atoms with E-state index in [2.05, 4.69) is 4.90 Å². The maximum atomic E-state index is 12.0. The molecule has 1 aliphatic rings. The lowest BCUT2D eigenvalue weighted by molar-refractivity contribution is 0.0978. The average Bonchev–Trinajstić information content (AvgIpc) is 2.48. The van der Waals surface area contributed by atoms with Gasteiger partial charge in [-0.2, -0.15) is 0 Å². The number of hydrogen-bond donors (Lipinski definition) is 1. The molecule has 0 aliphatic carbocycles. The molecule has 0 atom stereocenters. The number of carbonyl (C=O) groups excluding carboxylic acids is 1. The number of carbonyl (C=O) groups is 1. The Hall–Kier alpha value is -1.35. The summed E-state index contributed by atoms with van der Waals surface area (Å²) in [4.78, 5) is 14.5. The van der Waals surface area contributed by atoms with Gasteiger partial charge in [0.1, 0.15) is 0 Å². The van der Waals surface area contributed by atoms with Crippen LogP contribution in [-0.4, -0.2) is 30.3 Å². The molecule has 0 aromatic heterocycles. The fourth-order valence-electron chi connectivity index (χ4n) is 2.79. The third-order valence-electron chi connectivity index (χ3n) is 4.06. The lowest BCUT2D eigenvalue weighted by Gasteiger charge is -2.26. The highest BCUT2D eigenvalue weighted by Gasteiger charge is 2.09. The minimum Gasteiger partial charge on any atom is -0.399 e. The van der Waals surface area contributed by atoms with Crippen LogP contribution in [0.4, 0.5) is 5.69 Å². The molecule has 0 radical (unpaired) electrons. The van der Waals surface area contributed by atoms with Gasteiger partial charge < -0.3 is 10.6 Å². The van der Waals surface area contributed by atoms with Crippen molar-refractivity contribution in [3.05, 3.63) is 29.8 Å². The molecule has 20 heavy (non-hydrogen) atoms. The highest BCUT2D eigenvalue weighted by molar-refractivity contribution is 5.96. The number of nitrogens with two attached hydrogens (primary N) is 1. The number of ketones is 1. The summed E-state index contributed by atoms with van der Waals surface area (Å²) < 4.78 is 0. The fraction of sp³-hybridized carbons (Fsp3) is 0.588. The van der Waals surface area contributed by atoms with Crippen LogP contribution in [0.2, 0.25) is 0 Å². The zero-order chi connectivity index (χ0) is 14.2. The van der Waals surface area contributed by atoms with Crippen LogP contribution in [0, 0.1) is 0 Å². The second kappa shape index (κ2) is 8.05. The first-order valence-electron chi connectivity index (χ1n) is 7.87. The first kappa shape index (κ1) is 15.0. The Kier molecular flexibility index (Phi) is 6.06. The lowest BCUT2D eigenvalue weighted by Crippen LogP contribution is -2.30. The molecule has 3 nitrogen and oxygen atoms in total. The summed E-state index contributed by atoms with van der Waals surface area (Å²) in [5.41, 5.74) is 7.12. The summed E-state index contributed by atoms with van der Waals surface area (Å²) in [7, 11) is 0. The SMILES string of the molecule is Nc1ccc(C(=O)CCCCCN2CCCCC2)cc1. The zero-order valence-corrected chi connectivity index (χ0v) is 12.3. The standard InChI is InChI=1S/C17H26N2O/c18-16-10-8-15(9-11-16)17(20)7-3-1-4-12-19-13-5-2-6-14-19/h8-11H,1-7,12-14,18H2. The van der Waals surface area contributed by atoms with E-state index >= 15 is 0 Å². The molecular weight excluding hydrogens is 248 g/mol. The summed E-state index contributed by atoms with van der Waals surface area (Å²) in [5.74, 6) is 0.239. The number of nitrogens with zero attached hydrogens (tertiary/aromatic N) is 1. The number of likely N-dealkylation sites (tertiary alicyclic amines) is 1. The van der Waals surface area contributed by atoms with Crippen molar-refractivity contribution in [2.75, 3.05) is 25.4 Å². The molecule has 1 saturated heterocycles. The van der Waals surface area contributed by atoms with Crippen LogP contribution in [-0.2, 0) is 0 Å². The van der Waals surface area contributed by atoms with Crippen molar-refractivity contribution in [2.24, 2.45) is 0 Å². The number of Topliss-reactive ketones (excluding diaryl/α,β-unsaturated/α-hetero) is 1. The smallest absolute Gasteiger partial charge is 0.162 e. The molecule has 1 aromatic carbocycles. The molecular formula is C17H26N2O. The van der Waals surface area contributed by atoms with Crippen LogP contribution in [0.15, 0.2) is 24.3 Å². The number of unbranched alkanes of at least 4 members (excludes halogenated alkanes) is 2. The second-order valence-corrected chi connectivity index (χ2v) is 5.76. The maximum Gasteiger partial charge on any atom is 0.162 e. The van der Waals surface area contributed by atoms with Crippen molar-refractivity contribution in [1.29, 1.82) is 0 Å². The van der Waals surface area contributed by atoms with E-state index < -0.39 is 0 Å². The topological polar surface area (TPSA) is 46.3 Å². The summed E-state index contributed by atoms with van der Waals surface area (Å²) in [6.07, 6.45) is 8.13. The van der Waals surface area contributed by atoms with Crippen molar-refractivity contribution in [3.63, 3.8) is 0 Å². The molecule has 0 amide bonds. The maximum absolute atomic E-state index is 12.0. The molecule has 0 unspecified atom stereocenters. The number of hydrogen-bond acceptors (Lipinski definition) is 3. The van der Waals surface area contributed by atoms with E-state index in [0.717, 1.165) is 18.4 Å². The molecule has 0 spiro atoms. The Morgan fingerprint density at radius 1 is 1.00 bits per heavy atom. The van der Waals surface area contributed by atoms with E-state index in [1.165, 1.54) is 45.3 Å². The Bertz CT molecular complexity index is 408. The normalized spacial score (nSPS) is 16.2. The highest BCUT2D eigenvalue weighted by Crippen LogP contribution is 2.13. The molecule has 1 aliphatic heterocycles. The minimum atomic E-state index is 0.239. The Morgan fingerprint density at radius 2 is 1.70 bits per heavy atom. The summed E-state index contributed by atoms with van der Waals surface area (Å²) in [5, 5.41) is 0. The van der Waals surface area contributed by atoms with E-state index in [4.69, 9.17) is 5.73 Å². The van der Waals surface area contributed by atoms with Gasteiger partial charge in [0.2, 0.25) is 0 Å². The average molecular weight is 274 g/mol. The van der Waals surface area contributed by atoms with E-state index in [1.54, 1.807) is 12.1 Å². The largest absolute Gasteiger partial charge is 0.399 e. The molecule has 1 heterocycles. The number of anilines is 1. The van der Waals surface area contributed by atoms with E-state index in [1.807, 2.05) is 12.1 Å². The molecule has 110 valence electrons. The fourth-order valence-corrected chi connectivity index (χ4v) is 2.79. The van der Waals surface area contributed by atoms with Gasteiger partial charge in [-0.3, -0.25) is 4.79 Å². The molecule has 0 bridgehead atoms.